The van der Waals surface area contributed by atoms with E-state index in [0.717, 1.165) is 11.8 Å². The first-order valence-electron chi connectivity index (χ1n) is 6.36. The number of hydrogen-bond donors (Lipinski definition) is 1. The monoisotopic (exact) mass is 304 g/mol. The summed E-state index contributed by atoms with van der Waals surface area (Å²) in [5.41, 5.74) is 0.380. The van der Waals surface area contributed by atoms with Gasteiger partial charge in [-0.2, -0.15) is 23.5 Å². The molecule has 1 fully saturated rings. The first-order valence-corrected chi connectivity index (χ1v) is 8.35. The minimum absolute atomic E-state index is 0.112. The molecule has 106 valence electrons. The summed E-state index contributed by atoms with van der Waals surface area (Å²) in [5, 5.41) is 11.4. The van der Waals surface area contributed by atoms with E-state index in [1.165, 1.54) is 12.1 Å². The van der Waals surface area contributed by atoms with E-state index in [1.54, 1.807) is 11.8 Å². The molecule has 4 unspecified atom stereocenters. The van der Waals surface area contributed by atoms with Gasteiger partial charge in [0.25, 0.3) is 0 Å². The normalized spacial score (nSPS) is 29.2. The molecule has 1 saturated heterocycles. The molecular formula is C14H18F2OS2. The molecule has 0 spiro atoms. The maximum Gasteiger partial charge on any atom is 0.129 e. The molecule has 0 amide bonds. The van der Waals surface area contributed by atoms with Crippen LogP contribution in [0.4, 0.5) is 8.78 Å². The number of aliphatic hydroxyl groups excluding tert-OH is 1. The highest BCUT2D eigenvalue weighted by atomic mass is 32.2. The molecule has 4 atom stereocenters. The molecule has 19 heavy (non-hydrogen) atoms. The molecule has 1 nitrogen and oxygen atoms in total. The van der Waals surface area contributed by atoms with Crippen molar-refractivity contribution >= 4 is 23.5 Å². The molecule has 1 heterocycles. The van der Waals surface area contributed by atoms with Crippen LogP contribution < -0.4 is 0 Å². The van der Waals surface area contributed by atoms with Crippen molar-refractivity contribution in [2.75, 3.05) is 5.75 Å². The van der Waals surface area contributed by atoms with Crippen molar-refractivity contribution in [3.8, 4) is 0 Å². The third kappa shape index (κ3) is 3.86. The first-order chi connectivity index (χ1) is 8.97. The van der Waals surface area contributed by atoms with Gasteiger partial charge in [-0.1, -0.05) is 19.9 Å². The highest BCUT2D eigenvalue weighted by molar-refractivity contribution is 8.07. The van der Waals surface area contributed by atoms with Crippen LogP contribution in [0, 0.1) is 11.6 Å². The quantitative estimate of drug-likeness (QED) is 0.923. The Labute approximate surface area is 121 Å². The zero-order valence-electron chi connectivity index (χ0n) is 11.0. The second kappa shape index (κ2) is 6.46. The summed E-state index contributed by atoms with van der Waals surface area (Å²) in [7, 11) is 0. The number of aliphatic hydroxyl groups is 1. The van der Waals surface area contributed by atoms with Gasteiger partial charge in [0.15, 0.2) is 0 Å². The average Bonchev–Trinajstić information content (AvgIpc) is 2.36. The van der Waals surface area contributed by atoms with E-state index >= 15 is 0 Å². The van der Waals surface area contributed by atoms with Crippen LogP contribution in [0.15, 0.2) is 18.2 Å². The third-order valence-electron chi connectivity index (χ3n) is 3.45. The Kier molecular flexibility index (Phi) is 5.15. The van der Waals surface area contributed by atoms with Gasteiger partial charge in [-0.3, -0.25) is 0 Å². The Bertz CT molecular complexity index is 441. The minimum Gasteiger partial charge on any atom is -0.392 e. The van der Waals surface area contributed by atoms with Gasteiger partial charge in [-0.25, -0.2) is 8.78 Å². The Morgan fingerprint density at radius 2 is 2.05 bits per heavy atom. The summed E-state index contributed by atoms with van der Waals surface area (Å²) >= 11 is 3.61. The lowest BCUT2D eigenvalue weighted by Gasteiger charge is -2.33. The van der Waals surface area contributed by atoms with Crippen LogP contribution in [0.5, 0.6) is 0 Å². The van der Waals surface area contributed by atoms with Crippen molar-refractivity contribution in [1.82, 2.24) is 0 Å². The molecule has 1 aliphatic rings. The van der Waals surface area contributed by atoms with Crippen LogP contribution in [0.3, 0.4) is 0 Å². The standard InChI is InChI=1S/C14H18F2OS2/c1-8-9(2)19-14(7-18-8)13(17)5-10-3-4-11(15)6-12(10)16/h3-4,6,8-9,13-14,17H,5,7H2,1-2H3. The SMILES string of the molecule is CC1SCC(C(O)Cc2ccc(F)cc2F)SC1C. The predicted molar refractivity (Wildman–Crippen MR) is 78.8 cm³/mol. The molecule has 0 saturated carbocycles. The van der Waals surface area contributed by atoms with Gasteiger partial charge in [0.1, 0.15) is 11.6 Å². The average molecular weight is 304 g/mol. The van der Waals surface area contributed by atoms with Crippen LogP contribution in [-0.4, -0.2) is 32.7 Å². The van der Waals surface area contributed by atoms with Crippen molar-refractivity contribution < 1.29 is 13.9 Å². The zero-order chi connectivity index (χ0) is 14.0. The van der Waals surface area contributed by atoms with E-state index in [9.17, 15) is 13.9 Å². The lowest BCUT2D eigenvalue weighted by Crippen LogP contribution is -2.35. The fraction of sp³-hybridized carbons (Fsp3) is 0.571. The molecule has 0 bridgehead atoms. The van der Waals surface area contributed by atoms with Gasteiger partial charge in [-0.15, -0.1) is 0 Å². The summed E-state index contributed by atoms with van der Waals surface area (Å²) in [6, 6.07) is 3.52. The topological polar surface area (TPSA) is 20.2 Å². The number of hydrogen-bond acceptors (Lipinski definition) is 3. The Hall–Kier alpha value is -0.260. The number of halogens is 2. The van der Waals surface area contributed by atoms with E-state index in [4.69, 9.17) is 0 Å². The summed E-state index contributed by atoms with van der Waals surface area (Å²) in [4.78, 5) is 0. The van der Waals surface area contributed by atoms with E-state index in [1.807, 2.05) is 11.8 Å². The highest BCUT2D eigenvalue weighted by Gasteiger charge is 2.30. The summed E-state index contributed by atoms with van der Waals surface area (Å²) in [5.74, 6) is -0.283. The summed E-state index contributed by atoms with van der Waals surface area (Å²) in [6.45, 7) is 4.34. The van der Waals surface area contributed by atoms with Crippen molar-refractivity contribution in [2.45, 2.75) is 42.1 Å². The van der Waals surface area contributed by atoms with E-state index in [0.29, 0.717) is 16.1 Å². The van der Waals surface area contributed by atoms with Crippen LogP contribution in [0.1, 0.15) is 19.4 Å². The van der Waals surface area contributed by atoms with Crippen LogP contribution in [0.2, 0.25) is 0 Å². The lowest BCUT2D eigenvalue weighted by molar-refractivity contribution is 0.175. The molecule has 0 radical (unpaired) electrons. The molecule has 1 aliphatic heterocycles. The van der Waals surface area contributed by atoms with Gasteiger partial charge in [-0.05, 0) is 11.6 Å². The first kappa shape index (κ1) is 15.1. The third-order valence-corrected chi connectivity index (χ3v) is 6.98. The maximum absolute atomic E-state index is 13.6. The molecule has 0 aromatic heterocycles. The van der Waals surface area contributed by atoms with Gasteiger partial charge in [0.05, 0.1) is 6.10 Å². The Morgan fingerprint density at radius 1 is 1.32 bits per heavy atom. The van der Waals surface area contributed by atoms with Crippen molar-refractivity contribution in [3.05, 3.63) is 35.4 Å². The van der Waals surface area contributed by atoms with Crippen molar-refractivity contribution in [3.63, 3.8) is 0 Å². The molecule has 2 rings (SSSR count). The Morgan fingerprint density at radius 3 is 2.68 bits per heavy atom. The van der Waals surface area contributed by atoms with Crippen molar-refractivity contribution in [2.24, 2.45) is 0 Å². The second-order valence-corrected chi connectivity index (χ2v) is 7.96. The van der Waals surface area contributed by atoms with Gasteiger partial charge < -0.3 is 5.11 Å². The molecular weight excluding hydrogens is 286 g/mol. The van der Waals surface area contributed by atoms with Crippen LogP contribution in [-0.2, 0) is 6.42 Å². The zero-order valence-corrected chi connectivity index (χ0v) is 12.6. The largest absolute Gasteiger partial charge is 0.392 e. The van der Waals surface area contributed by atoms with Crippen LogP contribution in [0.25, 0.3) is 0 Å². The maximum atomic E-state index is 13.6. The highest BCUT2D eigenvalue weighted by Crippen LogP contribution is 2.37. The predicted octanol–water partition coefficient (Wildman–Crippen LogP) is 3.49. The summed E-state index contributed by atoms with van der Waals surface area (Å²) in [6.07, 6.45) is -0.349. The fourth-order valence-electron chi connectivity index (χ4n) is 2.05. The Balaban J connectivity index is 1.99. The van der Waals surface area contributed by atoms with E-state index < -0.39 is 17.7 Å². The fourth-order valence-corrected chi connectivity index (χ4v) is 5.07. The molecule has 0 aliphatic carbocycles. The number of thioether (sulfide) groups is 2. The summed E-state index contributed by atoms with van der Waals surface area (Å²) < 4.78 is 26.4. The molecule has 1 aromatic rings. The molecule has 5 heteroatoms. The van der Waals surface area contributed by atoms with Gasteiger partial charge >= 0.3 is 0 Å². The smallest absolute Gasteiger partial charge is 0.129 e. The molecule has 1 aromatic carbocycles. The second-order valence-electron chi connectivity index (χ2n) is 4.93. The number of benzene rings is 1. The molecule has 1 N–H and O–H groups in total. The van der Waals surface area contributed by atoms with Crippen LogP contribution >= 0.6 is 23.5 Å². The van der Waals surface area contributed by atoms with Gasteiger partial charge in [0.2, 0.25) is 0 Å². The van der Waals surface area contributed by atoms with Crippen molar-refractivity contribution in [1.29, 1.82) is 0 Å². The van der Waals surface area contributed by atoms with E-state index in [-0.39, 0.29) is 11.7 Å². The minimum atomic E-state index is -0.590. The van der Waals surface area contributed by atoms with E-state index in [2.05, 4.69) is 13.8 Å². The number of rotatable bonds is 3. The van der Waals surface area contributed by atoms with Gasteiger partial charge in [0, 0.05) is 34.0 Å². The lowest BCUT2D eigenvalue weighted by atomic mass is 10.1.